The molecule has 0 fully saturated rings. The maximum atomic E-state index is 13.0. The summed E-state index contributed by atoms with van der Waals surface area (Å²) in [7, 11) is 1.62. The number of hydrogen-bond acceptors (Lipinski definition) is 3. The monoisotopic (exact) mass is 376 g/mol. The summed E-state index contributed by atoms with van der Waals surface area (Å²) in [6.45, 7) is 0.408. The van der Waals surface area contributed by atoms with Crippen LogP contribution in [0.25, 0.3) is 22.0 Å². The van der Waals surface area contributed by atoms with Crippen molar-refractivity contribution in [1.82, 2.24) is 9.55 Å². The molecule has 5 heteroatoms. The fourth-order valence-electron chi connectivity index (χ4n) is 3.08. The lowest BCUT2D eigenvalue weighted by Gasteiger charge is -2.10. The van der Waals surface area contributed by atoms with Crippen LogP contribution in [0.1, 0.15) is 5.56 Å². The van der Waals surface area contributed by atoms with Crippen LogP contribution in [-0.2, 0) is 6.54 Å². The van der Waals surface area contributed by atoms with E-state index in [9.17, 15) is 4.79 Å². The zero-order valence-electron chi connectivity index (χ0n) is 14.7. The lowest BCUT2D eigenvalue weighted by molar-refractivity contribution is 0.414. The molecular weight excluding hydrogens is 360 g/mol. The average Bonchev–Trinajstić information content (AvgIpc) is 2.70. The second kappa shape index (κ2) is 7.25. The van der Waals surface area contributed by atoms with E-state index < -0.39 is 0 Å². The van der Waals surface area contributed by atoms with Gasteiger partial charge in [0.25, 0.3) is 5.56 Å². The van der Waals surface area contributed by atoms with E-state index >= 15 is 0 Å². The Balaban J connectivity index is 1.76. The Morgan fingerprint density at radius 3 is 2.48 bits per heavy atom. The number of halogens is 1. The van der Waals surface area contributed by atoms with Crippen LogP contribution in [0.5, 0.6) is 5.75 Å². The van der Waals surface area contributed by atoms with Crippen LogP contribution < -0.4 is 10.3 Å². The predicted octanol–water partition coefficient (Wildman–Crippen LogP) is 4.77. The van der Waals surface area contributed by atoms with Crippen molar-refractivity contribution >= 4 is 22.4 Å². The van der Waals surface area contributed by atoms with Crippen LogP contribution in [0.15, 0.2) is 77.7 Å². The topological polar surface area (TPSA) is 44.1 Å². The molecule has 4 rings (SSSR count). The summed E-state index contributed by atoms with van der Waals surface area (Å²) in [5.74, 6) is 0.774. The predicted molar refractivity (Wildman–Crippen MR) is 109 cm³/mol. The van der Waals surface area contributed by atoms with Gasteiger partial charge in [0.05, 0.1) is 13.7 Å². The first-order valence-corrected chi connectivity index (χ1v) is 8.91. The van der Waals surface area contributed by atoms with Crippen molar-refractivity contribution in [3.63, 3.8) is 0 Å². The zero-order valence-corrected chi connectivity index (χ0v) is 15.5. The molecular formula is C22H17ClN2O2. The van der Waals surface area contributed by atoms with Gasteiger partial charge < -0.3 is 9.30 Å². The highest BCUT2D eigenvalue weighted by molar-refractivity contribution is 6.29. The molecule has 0 aliphatic carbocycles. The van der Waals surface area contributed by atoms with Crippen LogP contribution >= 0.6 is 11.6 Å². The molecule has 27 heavy (non-hydrogen) atoms. The summed E-state index contributed by atoms with van der Waals surface area (Å²) in [5.41, 5.74) is 1.90. The maximum Gasteiger partial charge on any atom is 0.277 e. The molecule has 0 aliphatic rings. The Hall–Kier alpha value is -3.11. The van der Waals surface area contributed by atoms with E-state index in [0.717, 1.165) is 27.6 Å². The number of benzene rings is 3. The van der Waals surface area contributed by atoms with Crippen molar-refractivity contribution in [2.45, 2.75) is 6.54 Å². The number of hydrogen-bond donors (Lipinski definition) is 0. The van der Waals surface area contributed by atoms with Gasteiger partial charge >= 0.3 is 0 Å². The molecule has 1 heterocycles. The van der Waals surface area contributed by atoms with Gasteiger partial charge in [-0.25, -0.2) is 4.98 Å². The molecule has 0 atom stereocenters. The molecule has 0 radical (unpaired) electrons. The van der Waals surface area contributed by atoms with E-state index in [1.807, 2.05) is 66.7 Å². The minimum atomic E-state index is -0.175. The van der Waals surface area contributed by atoms with Crippen LogP contribution in [0.4, 0.5) is 0 Å². The molecule has 1 aromatic heterocycles. The highest BCUT2D eigenvalue weighted by atomic mass is 35.5. The first kappa shape index (κ1) is 17.3. The Bertz CT molecular complexity index is 1170. The Morgan fingerprint density at radius 1 is 1.00 bits per heavy atom. The SMILES string of the molecule is COc1ccc(Cn2cc(Cl)nc(-c3ccc4ccccc4c3)c2=O)cc1. The summed E-state index contributed by atoms with van der Waals surface area (Å²) >= 11 is 6.21. The molecule has 4 nitrogen and oxygen atoms in total. The van der Waals surface area contributed by atoms with Gasteiger partial charge in [-0.3, -0.25) is 4.79 Å². The Labute approximate surface area is 161 Å². The van der Waals surface area contributed by atoms with Gasteiger partial charge in [-0.2, -0.15) is 0 Å². The number of rotatable bonds is 4. The first-order valence-electron chi connectivity index (χ1n) is 8.53. The number of fused-ring (bicyclic) bond motifs is 1. The molecule has 0 unspecified atom stereocenters. The van der Waals surface area contributed by atoms with E-state index in [0.29, 0.717) is 12.2 Å². The summed E-state index contributed by atoms with van der Waals surface area (Å²) in [6.07, 6.45) is 1.57. The average molecular weight is 377 g/mol. The van der Waals surface area contributed by atoms with E-state index in [2.05, 4.69) is 4.98 Å². The number of aromatic nitrogens is 2. The van der Waals surface area contributed by atoms with Crippen molar-refractivity contribution in [2.75, 3.05) is 7.11 Å². The number of methoxy groups -OCH3 is 1. The van der Waals surface area contributed by atoms with Gasteiger partial charge in [0, 0.05) is 11.8 Å². The third kappa shape index (κ3) is 3.57. The van der Waals surface area contributed by atoms with Crippen molar-refractivity contribution in [3.8, 4) is 17.0 Å². The lowest BCUT2D eigenvalue weighted by Crippen LogP contribution is -2.23. The van der Waals surface area contributed by atoms with Gasteiger partial charge in [0.2, 0.25) is 0 Å². The normalized spacial score (nSPS) is 10.9. The standard InChI is InChI=1S/C22H17ClN2O2/c1-27-19-10-6-15(7-11-19)13-25-14-20(23)24-21(22(25)26)18-9-8-16-4-2-3-5-17(16)12-18/h2-12,14H,13H2,1H3. The van der Waals surface area contributed by atoms with Crippen LogP contribution in [0.2, 0.25) is 5.15 Å². The van der Waals surface area contributed by atoms with Gasteiger partial charge in [-0.1, -0.05) is 60.1 Å². The zero-order chi connectivity index (χ0) is 18.8. The minimum Gasteiger partial charge on any atom is -0.497 e. The van der Waals surface area contributed by atoms with Gasteiger partial charge in [-0.05, 0) is 34.5 Å². The Kier molecular flexibility index (Phi) is 4.65. The van der Waals surface area contributed by atoms with Crippen LogP contribution in [0, 0.1) is 0 Å². The molecule has 4 aromatic rings. The summed E-state index contributed by atoms with van der Waals surface area (Å²) < 4.78 is 6.76. The smallest absolute Gasteiger partial charge is 0.277 e. The molecule has 0 aliphatic heterocycles. The summed E-state index contributed by atoms with van der Waals surface area (Å²) in [4.78, 5) is 17.3. The van der Waals surface area contributed by atoms with Gasteiger partial charge in [0.1, 0.15) is 16.6 Å². The highest BCUT2D eigenvalue weighted by Crippen LogP contribution is 2.22. The van der Waals surface area contributed by atoms with Crippen molar-refractivity contribution < 1.29 is 4.74 Å². The van der Waals surface area contributed by atoms with Gasteiger partial charge in [0.15, 0.2) is 0 Å². The Morgan fingerprint density at radius 2 is 1.74 bits per heavy atom. The van der Waals surface area contributed by atoms with Crippen molar-refractivity contribution in [1.29, 1.82) is 0 Å². The van der Waals surface area contributed by atoms with Crippen LogP contribution in [0.3, 0.4) is 0 Å². The molecule has 0 spiro atoms. The van der Waals surface area contributed by atoms with E-state index in [4.69, 9.17) is 16.3 Å². The highest BCUT2D eigenvalue weighted by Gasteiger charge is 2.11. The van der Waals surface area contributed by atoms with E-state index in [1.165, 1.54) is 0 Å². The first-order chi connectivity index (χ1) is 13.1. The largest absolute Gasteiger partial charge is 0.497 e. The number of nitrogens with zero attached hydrogens (tertiary/aromatic N) is 2. The molecule has 0 N–H and O–H groups in total. The minimum absolute atomic E-state index is 0.175. The maximum absolute atomic E-state index is 13.0. The van der Waals surface area contributed by atoms with Crippen molar-refractivity contribution in [3.05, 3.63) is 94.0 Å². The summed E-state index contributed by atoms with van der Waals surface area (Å²) in [6, 6.07) is 21.5. The molecule has 0 saturated carbocycles. The third-order valence-electron chi connectivity index (χ3n) is 4.48. The second-order valence-electron chi connectivity index (χ2n) is 6.26. The third-order valence-corrected chi connectivity index (χ3v) is 4.66. The summed E-state index contributed by atoms with van der Waals surface area (Å²) in [5, 5.41) is 2.45. The number of ether oxygens (including phenoxy) is 1. The molecule has 0 amide bonds. The fourth-order valence-corrected chi connectivity index (χ4v) is 3.28. The van der Waals surface area contributed by atoms with E-state index in [-0.39, 0.29) is 10.7 Å². The van der Waals surface area contributed by atoms with Crippen LogP contribution in [-0.4, -0.2) is 16.7 Å². The molecule has 134 valence electrons. The van der Waals surface area contributed by atoms with Gasteiger partial charge in [-0.15, -0.1) is 0 Å². The second-order valence-corrected chi connectivity index (χ2v) is 6.64. The molecule has 0 bridgehead atoms. The fraction of sp³-hybridized carbons (Fsp3) is 0.0909. The van der Waals surface area contributed by atoms with Crippen molar-refractivity contribution in [2.24, 2.45) is 0 Å². The van der Waals surface area contributed by atoms with E-state index in [1.54, 1.807) is 17.9 Å². The molecule has 3 aromatic carbocycles. The lowest BCUT2D eigenvalue weighted by atomic mass is 10.1. The quantitative estimate of drug-likeness (QED) is 0.515. The molecule has 0 saturated heterocycles.